The Bertz CT molecular complexity index is 1050. The molecule has 0 bridgehead atoms. The van der Waals surface area contributed by atoms with E-state index in [1.54, 1.807) is 24.3 Å². The number of aromatic nitrogens is 2. The largest absolute Gasteiger partial charge is 0.486 e. The number of benzene rings is 2. The summed E-state index contributed by atoms with van der Waals surface area (Å²) in [5.74, 6) is -2.30. The summed E-state index contributed by atoms with van der Waals surface area (Å²) in [6.45, 7) is -0.600. The average Bonchev–Trinajstić information content (AvgIpc) is 3.13. The van der Waals surface area contributed by atoms with Crippen molar-refractivity contribution in [2.24, 2.45) is 0 Å². The van der Waals surface area contributed by atoms with E-state index in [0.29, 0.717) is 15.8 Å². The molecule has 2 N–H and O–H groups in total. The number of ether oxygens (including phenoxy) is 1. The topological polar surface area (TPSA) is 76.1 Å². The Labute approximate surface area is 181 Å². The number of halogens is 6. The van der Waals surface area contributed by atoms with Crippen molar-refractivity contribution in [3.8, 4) is 5.75 Å². The van der Waals surface area contributed by atoms with Crippen LogP contribution in [0.3, 0.4) is 0 Å². The van der Waals surface area contributed by atoms with Crippen molar-refractivity contribution in [1.82, 2.24) is 15.5 Å². The quantitative estimate of drug-likeness (QED) is 0.466. The molecule has 164 valence electrons. The van der Waals surface area contributed by atoms with Crippen LogP contribution in [0.1, 0.15) is 16.1 Å². The summed E-state index contributed by atoms with van der Waals surface area (Å²) in [7, 11) is 0. The molecule has 1 heterocycles. The second-order valence-corrected chi connectivity index (χ2v) is 7.47. The monoisotopic (exact) mass is 478 g/mol. The molecule has 13 heteroatoms. The van der Waals surface area contributed by atoms with Gasteiger partial charge in [-0.3, -0.25) is 5.32 Å². The lowest BCUT2D eigenvalue weighted by atomic mass is 10.1. The third-order valence-corrected chi connectivity index (χ3v) is 4.82. The molecular weight excluding hydrogens is 467 g/mol. The molecule has 3 aromatic rings. The van der Waals surface area contributed by atoms with Crippen molar-refractivity contribution in [3.05, 3.63) is 69.2 Å². The van der Waals surface area contributed by atoms with Crippen LogP contribution in [0.5, 0.6) is 5.75 Å². The highest BCUT2D eigenvalue weighted by Crippen LogP contribution is 2.31. The molecular formula is C18H12ClF5N4O2S. The van der Waals surface area contributed by atoms with Crippen LogP contribution >= 0.6 is 22.9 Å². The Morgan fingerprint density at radius 2 is 1.74 bits per heavy atom. The first kappa shape index (κ1) is 22.7. The van der Waals surface area contributed by atoms with Gasteiger partial charge in [0.1, 0.15) is 24.0 Å². The molecule has 0 saturated heterocycles. The summed E-state index contributed by atoms with van der Waals surface area (Å²) < 4.78 is 70.8. The van der Waals surface area contributed by atoms with E-state index >= 15 is 0 Å². The Morgan fingerprint density at radius 1 is 1.10 bits per heavy atom. The van der Waals surface area contributed by atoms with Gasteiger partial charge in [0.15, 0.2) is 5.01 Å². The molecule has 31 heavy (non-hydrogen) atoms. The van der Waals surface area contributed by atoms with Crippen molar-refractivity contribution < 1.29 is 31.5 Å². The van der Waals surface area contributed by atoms with Crippen molar-refractivity contribution in [1.29, 1.82) is 0 Å². The van der Waals surface area contributed by atoms with E-state index in [0.717, 1.165) is 11.3 Å². The number of alkyl halides is 3. The fourth-order valence-corrected chi connectivity index (χ4v) is 3.06. The molecule has 0 aliphatic rings. The molecule has 0 spiro atoms. The van der Waals surface area contributed by atoms with Crippen molar-refractivity contribution in [2.75, 3.05) is 5.32 Å². The second kappa shape index (κ2) is 9.43. The van der Waals surface area contributed by atoms with Crippen molar-refractivity contribution in [3.63, 3.8) is 0 Å². The third kappa shape index (κ3) is 6.25. The number of rotatable bonds is 6. The molecule has 0 unspecified atom stereocenters. The average molecular weight is 479 g/mol. The van der Waals surface area contributed by atoms with E-state index < -0.39 is 41.5 Å². The molecule has 0 aliphatic carbocycles. The molecule has 0 fully saturated rings. The Kier molecular flexibility index (Phi) is 6.91. The molecule has 0 atom stereocenters. The number of carbonyl (C=O) groups excluding carboxylic acids is 1. The minimum Gasteiger partial charge on any atom is -0.486 e. The van der Waals surface area contributed by atoms with Crippen LogP contribution in [-0.4, -0.2) is 16.2 Å². The van der Waals surface area contributed by atoms with Crippen LogP contribution in [0.4, 0.5) is 31.9 Å². The molecule has 0 radical (unpaired) electrons. The molecule has 0 aliphatic heterocycles. The van der Waals surface area contributed by atoms with E-state index in [2.05, 4.69) is 20.8 Å². The molecule has 0 saturated carbocycles. The number of urea groups is 1. The number of amides is 2. The van der Waals surface area contributed by atoms with Crippen LogP contribution < -0.4 is 15.4 Å². The Balaban J connectivity index is 1.53. The number of carbonyl (C=O) groups is 1. The minimum atomic E-state index is -4.89. The summed E-state index contributed by atoms with van der Waals surface area (Å²) in [5, 5.41) is 13.1. The smallest absolute Gasteiger partial charge is 0.416 e. The van der Waals surface area contributed by atoms with E-state index in [1.807, 2.05) is 0 Å². The fraction of sp³-hybridized carbons (Fsp3) is 0.167. The lowest BCUT2D eigenvalue weighted by Gasteiger charge is -2.11. The maximum Gasteiger partial charge on any atom is 0.416 e. The molecule has 1 aromatic heterocycles. The number of anilines is 1. The zero-order chi connectivity index (χ0) is 22.6. The standard InChI is InChI=1S/C18H12ClF5N4O2S/c19-10-1-3-11(4-2-10)30-8-15-27-28-17(31-15)26-16(29)25-7-12-13(20)5-9(6-14(12)21)18(22,23)24/h1-6H,7-8H2,(H2,25,26,28,29). The zero-order valence-corrected chi connectivity index (χ0v) is 16.8. The third-order valence-electron chi connectivity index (χ3n) is 3.76. The van der Waals surface area contributed by atoms with Gasteiger partial charge in [-0.2, -0.15) is 13.2 Å². The number of hydrogen-bond acceptors (Lipinski definition) is 5. The summed E-state index contributed by atoms with van der Waals surface area (Å²) in [6, 6.07) is 6.07. The molecule has 2 amide bonds. The number of nitrogens with zero attached hydrogens (tertiary/aromatic N) is 2. The maximum absolute atomic E-state index is 13.8. The lowest BCUT2D eigenvalue weighted by Crippen LogP contribution is -2.29. The van der Waals surface area contributed by atoms with E-state index in [4.69, 9.17) is 16.3 Å². The molecule has 6 nitrogen and oxygen atoms in total. The van der Waals surface area contributed by atoms with Gasteiger partial charge in [-0.25, -0.2) is 13.6 Å². The van der Waals surface area contributed by atoms with Gasteiger partial charge in [0.05, 0.1) is 12.1 Å². The number of hydrogen-bond donors (Lipinski definition) is 2. The van der Waals surface area contributed by atoms with Crippen LogP contribution in [-0.2, 0) is 19.3 Å². The first-order chi connectivity index (χ1) is 14.6. The first-order valence-electron chi connectivity index (χ1n) is 8.42. The molecule has 3 rings (SSSR count). The highest BCUT2D eigenvalue weighted by atomic mass is 35.5. The first-order valence-corrected chi connectivity index (χ1v) is 9.62. The van der Waals surface area contributed by atoms with Crippen molar-refractivity contribution >= 4 is 34.1 Å². The van der Waals surface area contributed by atoms with Gasteiger partial charge in [-0.05, 0) is 36.4 Å². The highest BCUT2D eigenvalue weighted by molar-refractivity contribution is 7.15. The minimum absolute atomic E-state index is 0.0740. The van der Waals surface area contributed by atoms with E-state index in [-0.39, 0.29) is 23.9 Å². The highest BCUT2D eigenvalue weighted by Gasteiger charge is 2.32. The fourth-order valence-electron chi connectivity index (χ4n) is 2.28. The summed E-state index contributed by atoms with van der Waals surface area (Å²) >= 11 is 6.78. The maximum atomic E-state index is 13.8. The lowest BCUT2D eigenvalue weighted by molar-refractivity contribution is -0.138. The van der Waals surface area contributed by atoms with Gasteiger partial charge in [-0.1, -0.05) is 22.9 Å². The van der Waals surface area contributed by atoms with Crippen LogP contribution in [0, 0.1) is 11.6 Å². The van der Waals surface area contributed by atoms with Crippen LogP contribution in [0.25, 0.3) is 0 Å². The summed E-state index contributed by atoms with van der Waals surface area (Å²) in [5.41, 5.74) is -2.17. The zero-order valence-electron chi connectivity index (χ0n) is 15.3. The van der Waals surface area contributed by atoms with Gasteiger partial charge >= 0.3 is 12.2 Å². The second-order valence-electron chi connectivity index (χ2n) is 5.97. The van der Waals surface area contributed by atoms with Gasteiger partial charge in [-0.15, -0.1) is 10.2 Å². The SMILES string of the molecule is O=C(NCc1c(F)cc(C(F)(F)F)cc1F)Nc1nnc(COc2ccc(Cl)cc2)s1. The number of nitrogens with one attached hydrogen (secondary N) is 2. The van der Waals surface area contributed by atoms with E-state index in [1.165, 1.54) is 0 Å². The molecule has 2 aromatic carbocycles. The van der Waals surface area contributed by atoms with Crippen molar-refractivity contribution in [2.45, 2.75) is 19.3 Å². The Hall–Kier alpha value is -2.99. The summed E-state index contributed by atoms with van der Waals surface area (Å²) in [6.07, 6.45) is -4.89. The van der Waals surface area contributed by atoms with Gasteiger partial charge < -0.3 is 10.1 Å². The predicted molar refractivity (Wildman–Crippen MR) is 103 cm³/mol. The van der Waals surface area contributed by atoms with Gasteiger partial charge in [0.2, 0.25) is 5.13 Å². The van der Waals surface area contributed by atoms with Crippen LogP contribution in [0.2, 0.25) is 5.02 Å². The predicted octanol–water partition coefficient (Wildman–Crippen LogP) is 5.39. The van der Waals surface area contributed by atoms with Crippen LogP contribution in [0.15, 0.2) is 36.4 Å². The van der Waals surface area contributed by atoms with Gasteiger partial charge in [0, 0.05) is 10.6 Å². The Morgan fingerprint density at radius 3 is 2.35 bits per heavy atom. The summed E-state index contributed by atoms with van der Waals surface area (Å²) in [4.78, 5) is 11.9. The normalized spacial score (nSPS) is 11.3. The van der Waals surface area contributed by atoms with E-state index in [9.17, 15) is 26.7 Å². The van der Waals surface area contributed by atoms with Gasteiger partial charge in [0.25, 0.3) is 0 Å².